The largest absolute Gasteiger partial charge is 0.544 e. The molecule has 1 atom stereocenters. The molecule has 1 heterocycles. The van der Waals surface area contributed by atoms with E-state index in [0.29, 0.717) is 11.4 Å². The Kier molecular flexibility index (Phi) is 6.62. The number of quaternary nitrogens is 2. The molecular formula is C21H26N3O4+. The average Bonchev–Trinajstić information content (AvgIpc) is 2.69. The highest BCUT2D eigenvalue weighted by atomic mass is 16.5. The third-order valence-electron chi connectivity index (χ3n) is 5.03. The van der Waals surface area contributed by atoms with Crippen molar-refractivity contribution < 1.29 is 29.2 Å². The summed E-state index contributed by atoms with van der Waals surface area (Å²) in [6, 6.07) is 15.6. The molecule has 1 aliphatic rings. The molecule has 1 amide bonds. The predicted octanol–water partition coefficient (Wildman–Crippen LogP) is -1.66. The summed E-state index contributed by atoms with van der Waals surface area (Å²) in [5.74, 6) is -0.115. The first-order chi connectivity index (χ1) is 13.5. The Balaban J connectivity index is 1.55. The normalized spacial score (nSPS) is 20.2. The molecule has 0 unspecified atom stereocenters. The first-order valence-electron chi connectivity index (χ1n) is 9.51. The number of likely N-dealkylation sites (N-methyl/N-ethyl adjacent to an activating group) is 1. The molecule has 3 N–H and O–H groups in total. The molecule has 1 fully saturated rings. The van der Waals surface area contributed by atoms with Gasteiger partial charge in [-0.3, -0.25) is 4.79 Å². The molecule has 1 aliphatic heterocycles. The number of carbonyl (C=O) groups is 2. The number of amides is 1. The number of aliphatic carboxylic acids is 1. The predicted molar refractivity (Wildman–Crippen MR) is 102 cm³/mol. The molecule has 2 aromatic carbocycles. The van der Waals surface area contributed by atoms with Gasteiger partial charge in [0.2, 0.25) is 5.91 Å². The third-order valence-corrected chi connectivity index (χ3v) is 5.03. The minimum Gasteiger partial charge on any atom is -0.544 e. The molecule has 3 rings (SSSR count). The van der Waals surface area contributed by atoms with Gasteiger partial charge < -0.3 is 29.8 Å². The molecule has 1 saturated heterocycles. The van der Waals surface area contributed by atoms with Gasteiger partial charge in [-0.15, -0.1) is 0 Å². The lowest BCUT2D eigenvalue weighted by Crippen LogP contribution is -3.29. The molecule has 28 heavy (non-hydrogen) atoms. The number of rotatable bonds is 7. The van der Waals surface area contributed by atoms with Gasteiger partial charge in [0.25, 0.3) is 0 Å². The monoisotopic (exact) mass is 384 g/mol. The van der Waals surface area contributed by atoms with E-state index in [1.807, 2.05) is 30.3 Å². The topological polar surface area (TPSA) is 87.3 Å². The second kappa shape index (κ2) is 9.34. The van der Waals surface area contributed by atoms with Crippen LogP contribution in [0, 0.1) is 0 Å². The molecule has 7 heteroatoms. The van der Waals surface area contributed by atoms with Crippen molar-refractivity contribution in [3.63, 3.8) is 0 Å². The van der Waals surface area contributed by atoms with Gasteiger partial charge in [0.15, 0.2) is 0 Å². The lowest BCUT2D eigenvalue weighted by atomic mass is 10.1. The summed E-state index contributed by atoms with van der Waals surface area (Å²) in [6.45, 7) is 3.24. The smallest absolute Gasteiger partial charge is 0.230 e. The number of benzene rings is 2. The van der Waals surface area contributed by atoms with Gasteiger partial charge in [0, 0.05) is 5.69 Å². The quantitative estimate of drug-likeness (QED) is 0.533. The first-order valence-corrected chi connectivity index (χ1v) is 9.51. The highest BCUT2D eigenvalue weighted by Gasteiger charge is 2.30. The van der Waals surface area contributed by atoms with E-state index in [9.17, 15) is 14.7 Å². The number of piperazine rings is 1. The highest BCUT2D eigenvalue weighted by Crippen LogP contribution is 2.22. The molecule has 7 nitrogen and oxygen atoms in total. The molecule has 0 bridgehead atoms. The van der Waals surface area contributed by atoms with Crippen LogP contribution in [-0.4, -0.2) is 51.1 Å². The SMILES string of the molecule is C[NH+]1CC[NH+]([C@@H](CC(=O)Nc2ccc(Oc3ccccc3)cc2)C(=O)[O-])CC1. The van der Waals surface area contributed by atoms with Crippen molar-refractivity contribution in [1.29, 1.82) is 0 Å². The van der Waals surface area contributed by atoms with Gasteiger partial charge in [-0.05, 0) is 36.4 Å². The van der Waals surface area contributed by atoms with E-state index < -0.39 is 12.0 Å². The summed E-state index contributed by atoms with van der Waals surface area (Å²) < 4.78 is 5.72. The number of carboxylic acid groups (broad SMARTS) is 1. The summed E-state index contributed by atoms with van der Waals surface area (Å²) in [5.41, 5.74) is 0.598. The number of hydrogen-bond donors (Lipinski definition) is 3. The summed E-state index contributed by atoms with van der Waals surface area (Å²) >= 11 is 0. The summed E-state index contributed by atoms with van der Waals surface area (Å²) in [5, 5.41) is 14.3. The second-order valence-corrected chi connectivity index (χ2v) is 7.18. The maximum Gasteiger partial charge on any atom is 0.230 e. The summed E-state index contributed by atoms with van der Waals surface area (Å²) in [7, 11) is 2.09. The number of carboxylic acids is 1. The Bertz CT molecular complexity index is 787. The van der Waals surface area contributed by atoms with Gasteiger partial charge in [-0.1, -0.05) is 18.2 Å². The van der Waals surface area contributed by atoms with E-state index in [0.717, 1.165) is 36.8 Å². The number of carbonyl (C=O) groups excluding carboxylic acids is 2. The molecule has 0 radical (unpaired) electrons. The Morgan fingerprint density at radius 1 is 1.00 bits per heavy atom. The Morgan fingerprint density at radius 3 is 2.21 bits per heavy atom. The van der Waals surface area contributed by atoms with Crippen molar-refractivity contribution in [3.05, 3.63) is 54.6 Å². The fourth-order valence-corrected chi connectivity index (χ4v) is 3.37. The van der Waals surface area contributed by atoms with E-state index in [1.54, 1.807) is 24.3 Å². The molecule has 0 spiro atoms. The van der Waals surface area contributed by atoms with E-state index in [4.69, 9.17) is 4.74 Å². The third kappa shape index (κ3) is 5.55. The Morgan fingerprint density at radius 2 is 1.61 bits per heavy atom. The first kappa shape index (κ1) is 19.9. The fourth-order valence-electron chi connectivity index (χ4n) is 3.37. The van der Waals surface area contributed by atoms with Crippen LogP contribution in [0.5, 0.6) is 11.5 Å². The average molecular weight is 384 g/mol. The molecular weight excluding hydrogens is 358 g/mol. The van der Waals surface area contributed by atoms with Crippen molar-refractivity contribution in [2.75, 3.05) is 38.5 Å². The maximum absolute atomic E-state index is 12.4. The summed E-state index contributed by atoms with van der Waals surface area (Å²) in [6.07, 6.45) is -0.0982. The number of nitrogens with one attached hydrogen (secondary N) is 3. The van der Waals surface area contributed by atoms with Crippen molar-refractivity contribution >= 4 is 17.6 Å². The zero-order valence-corrected chi connectivity index (χ0v) is 15.9. The lowest BCUT2D eigenvalue weighted by Gasteiger charge is -2.33. The lowest BCUT2D eigenvalue weighted by molar-refractivity contribution is -1.01. The van der Waals surface area contributed by atoms with Crippen LogP contribution in [0.25, 0.3) is 0 Å². The molecule has 148 valence electrons. The minimum absolute atomic E-state index is 0.0982. The second-order valence-electron chi connectivity index (χ2n) is 7.18. The standard InChI is InChI=1S/C21H25N3O4/c1-23-11-13-24(14-12-23)19(21(26)27)15-20(25)22-16-7-9-18(10-8-16)28-17-5-3-2-4-6-17/h2-10,19H,11-15H2,1H3,(H,22,25)(H,26,27)/p+1/t19-/m0/s1. The number of para-hydroxylation sites is 1. The Labute approximate surface area is 164 Å². The van der Waals surface area contributed by atoms with E-state index in [2.05, 4.69) is 12.4 Å². The van der Waals surface area contributed by atoms with Crippen LogP contribution in [-0.2, 0) is 9.59 Å². The minimum atomic E-state index is -1.17. The zero-order chi connectivity index (χ0) is 19.9. The van der Waals surface area contributed by atoms with Crippen LogP contribution in [0.2, 0.25) is 0 Å². The maximum atomic E-state index is 12.4. The van der Waals surface area contributed by atoms with Gasteiger partial charge in [-0.25, -0.2) is 0 Å². The van der Waals surface area contributed by atoms with Gasteiger partial charge >= 0.3 is 0 Å². The Hall–Kier alpha value is -2.90. The van der Waals surface area contributed by atoms with Crippen LogP contribution in [0.3, 0.4) is 0 Å². The van der Waals surface area contributed by atoms with Crippen molar-refractivity contribution in [2.24, 2.45) is 0 Å². The van der Waals surface area contributed by atoms with E-state index in [-0.39, 0.29) is 12.3 Å². The van der Waals surface area contributed by atoms with Crippen molar-refractivity contribution in [2.45, 2.75) is 12.5 Å². The van der Waals surface area contributed by atoms with Crippen LogP contribution in [0.4, 0.5) is 5.69 Å². The van der Waals surface area contributed by atoms with E-state index >= 15 is 0 Å². The molecule has 0 aliphatic carbocycles. The number of anilines is 1. The van der Waals surface area contributed by atoms with Gasteiger partial charge in [-0.2, -0.15) is 0 Å². The van der Waals surface area contributed by atoms with Crippen LogP contribution >= 0.6 is 0 Å². The van der Waals surface area contributed by atoms with Crippen molar-refractivity contribution in [1.82, 2.24) is 0 Å². The summed E-state index contributed by atoms with van der Waals surface area (Å²) in [4.78, 5) is 26.2. The van der Waals surface area contributed by atoms with Crippen LogP contribution in [0.1, 0.15) is 6.42 Å². The van der Waals surface area contributed by atoms with Gasteiger partial charge in [0.05, 0.1) is 19.4 Å². The molecule has 0 saturated carbocycles. The highest BCUT2D eigenvalue weighted by molar-refractivity contribution is 5.93. The number of hydrogen-bond acceptors (Lipinski definition) is 4. The zero-order valence-electron chi connectivity index (χ0n) is 15.9. The molecule has 0 aromatic heterocycles. The van der Waals surface area contributed by atoms with Gasteiger partial charge in [0.1, 0.15) is 43.7 Å². The molecule has 2 aromatic rings. The fraction of sp³-hybridized carbons (Fsp3) is 0.333. The van der Waals surface area contributed by atoms with Crippen molar-refractivity contribution in [3.8, 4) is 11.5 Å². The van der Waals surface area contributed by atoms with Crippen LogP contribution < -0.4 is 25.0 Å². The number of ether oxygens (including phenoxy) is 1. The van der Waals surface area contributed by atoms with Crippen LogP contribution in [0.15, 0.2) is 54.6 Å². The van der Waals surface area contributed by atoms with E-state index in [1.165, 1.54) is 4.90 Å².